The molecule has 2 aromatic carbocycles. The van der Waals surface area contributed by atoms with Gasteiger partial charge in [0.05, 0.1) is 6.54 Å². The second-order valence-corrected chi connectivity index (χ2v) is 6.97. The average Bonchev–Trinajstić information content (AvgIpc) is 2.75. The number of ether oxygens (including phenoxy) is 1. The van der Waals surface area contributed by atoms with Crippen LogP contribution in [0.15, 0.2) is 77.6 Å². The van der Waals surface area contributed by atoms with E-state index in [0.29, 0.717) is 0 Å². The molecule has 0 N–H and O–H groups in total. The molecule has 0 aliphatic heterocycles. The molecule has 1 amide bonds. The highest BCUT2D eigenvalue weighted by Gasteiger charge is 2.21. The third-order valence-corrected chi connectivity index (χ3v) is 4.40. The molecular formula is C23H23N3O4. The average molecular weight is 405 g/mol. The van der Waals surface area contributed by atoms with E-state index >= 15 is 0 Å². The zero-order valence-electron chi connectivity index (χ0n) is 16.9. The fourth-order valence-electron chi connectivity index (χ4n) is 3.02. The van der Waals surface area contributed by atoms with Gasteiger partial charge < -0.3 is 9.64 Å². The van der Waals surface area contributed by atoms with Crippen molar-refractivity contribution in [1.82, 2.24) is 9.78 Å². The second kappa shape index (κ2) is 9.65. The molecule has 0 aliphatic carbocycles. The van der Waals surface area contributed by atoms with E-state index in [9.17, 15) is 14.4 Å². The fraction of sp³-hybridized carbons (Fsp3) is 0.217. The summed E-state index contributed by atoms with van der Waals surface area (Å²) in [5.41, 5.74) is 1.24. The maximum atomic E-state index is 12.7. The summed E-state index contributed by atoms with van der Waals surface area (Å²) in [6, 6.07) is 21.0. The predicted octanol–water partition coefficient (Wildman–Crippen LogP) is 2.89. The number of anilines is 1. The van der Waals surface area contributed by atoms with Gasteiger partial charge in [0, 0.05) is 17.8 Å². The van der Waals surface area contributed by atoms with E-state index in [2.05, 4.69) is 5.10 Å². The van der Waals surface area contributed by atoms with Crippen LogP contribution in [0.4, 0.5) is 5.69 Å². The third-order valence-electron chi connectivity index (χ3n) is 4.40. The van der Waals surface area contributed by atoms with Gasteiger partial charge >= 0.3 is 5.97 Å². The number of para-hydroxylation sites is 1. The van der Waals surface area contributed by atoms with E-state index < -0.39 is 12.6 Å². The number of esters is 1. The highest BCUT2D eigenvalue weighted by atomic mass is 16.5. The van der Waals surface area contributed by atoms with Crippen LogP contribution >= 0.6 is 0 Å². The normalized spacial score (nSPS) is 10.6. The summed E-state index contributed by atoms with van der Waals surface area (Å²) < 4.78 is 6.37. The summed E-state index contributed by atoms with van der Waals surface area (Å²) in [5.74, 6) is -1.11. The van der Waals surface area contributed by atoms with Crippen LogP contribution in [0, 0.1) is 0 Å². The van der Waals surface area contributed by atoms with Gasteiger partial charge in [0.1, 0.15) is 0 Å². The summed E-state index contributed by atoms with van der Waals surface area (Å²) >= 11 is 0. The van der Waals surface area contributed by atoms with Crippen molar-refractivity contribution in [3.63, 3.8) is 0 Å². The minimum absolute atomic E-state index is 0.0332. The summed E-state index contributed by atoms with van der Waals surface area (Å²) in [5, 5.41) is 4.09. The molecular weight excluding hydrogens is 382 g/mol. The molecule has 0 saturated heterocycles. The Morgan fingerprint density at radius 2 is 1.60 bits per heavy atom. The number of hydrogen-bond donors (Lipinski definition) is 0. The molecule has 0 unspecified atom stereocenters. The van der Waals surface area contributed by atoms with E-state index in [0.717, 1.165) is 11.3 Å². The molecule has 154 valence electrons. The van der Waals surface area contributed by atoms with Gasteiger partial charge in [0.2, 0.25) is 0 Å². The number of nitrogens with zero attached hydrogens (tertiary/aromatic N) is 3. The SMILES string of the molecule is CC(C)N(C(=O)COC(=O)c1ccc(=O)n(Cc2ccccc2)n1)c1ccccc1. The highest BCUT2D eigenvalue weighted by molar-refractivity contribution is 5.97. The molecule has 3 rings (SSSR count). The lowest BCUT2D eigenvalue weighted by molar-refractivity contribution is -0.122. The quantitative estimate of drug-likeness (QED) is 0.565. The van der Waals surface area contributed by atoms with Gasteiger partial charge in [-0.05, 0) is 37.6 Å². The van der Waals surface area contributed by atoms with Crippen LogP contribution in [-0.2, 0) is 16.1 Å². The first-order chi connectivity index (χ1) is 14.5. The van der Waals surface area contributed by atoms with Crippen molar-refractivity contribution in [3.05, 3.63) is 94.4 Å². The monoisotopic (exact) mass is 405 g/mol. The lowest BCUT2D eigenvalue weighted by Gasteiger charge is -2.26. The Morgan fingerprint density at radius 1 is 0.967 bits per heavy atom. The van der Waals surface area contributed by atoms with E-state index in [4.69, 9.17) is 4.74 Å². The summed E-state index contributed by atoms with van der Waals surface area (Å²) in [6.07, 6.45) is 0. The molecule has 0 radical (unpaired) electrons. The van der Waals surface area contributed by atoms with Crippen LogP contribution in [-0.4, -0.2) is 34.3 Å². The molecule has 0 aliphatic rings. The van der Waals surface area contributed by atoms with Gasteiger partial charge in [-0.3, -0.25) is 9.59 Å². The van der Waals surface area contributed by atoms with Crippen molar-refractivity contribution in [3.8, 4) is 0 Å². The predicted molar refractivity (Wildman–Crippen MR) is 113 cm³/mol. The topological polar surface area (TPSA) is 81.5 Å². The Balaban J connectivity index is 1.69. The minimum Gasteiger partial charge on any atom is -0.451 e. The Kier molecular flexibility index (Phi) is 6.75. The van der Waals surface area contributed by atoms with Crippen LogP contribution in [0.2, 0.25) is 0 Å². The molecule has 0 bridgehead atoms. The van der Waals surface area contributed by atoms with Crippen molar-refractivity contribution >= 4 is 17.6 Å². The van der Waals surface area contributed by atoms with Crippen LogP contribution in [0.3, 0.4) is 0 Å². The number of carbonyl (C=O) groups excluding carboxylic acids is 2. The molecule has 0 saturated carbocycles. The molecule has 3 aromatic rings. The molecule has 30 heavy (non-hydrogen) atoms. The molecule has 0 fully saturated rings. The van der Waals surface area contributed by atoms with Gasteiger partial charge in [-0.1, -0.05) is 48.5 Å². The highest BCUT2D eigenvalue weighted by Crippen LogP contribution is 2.16. The number of benzene rings is 2. The summed E-state index contributed by atoms with van der Waals surface area (Å²) in [6.45, 7) is 3.57. The van der Waals surface area contributed by atoms with Crippen molar-refractivity contribution in [1.29, 1.82) is 0 Å². The van der Waals surface area contributed by atoms with Gasteiger partial charge in [-0.2, -0.15) is 5.10 Å². The molecule has 7 nitrogen and oxygen atoms in total. The van der Waals surface area contributed by atoms with Crippen molar-refractivity contribution in [2.45, 2.75) is 26.4 Å². The number of carbonyl (C=O) groups is 2. The molecule has 1 aromatic heterocycles. The first-order valence-electron chi connectivity index (χ1n) is 9.62. The van der Waals surface area contributed by atoms with Gasteiger partial charge in [0.15, 0.2) is 12.3 Å². The third kappa shape index (κ3) is 5.20. The zero-order chi connectivity index (χ0) is 21.5. The molecule has 0 atom stereocenters. The van der Waals surface area contributed by atoms with Crippen molar-refractivity contribution in [2.24, 2.45) is 0 Å². The Bertz CT molecular complexity index is 1060. The van der Waals surface area contributed by atoms with Gasteiger partial charge in [0.25, 0.3) is 11.5 Å². The number of amides is 1. The number of hydrogen-bond acceptors (Lipinski definition) is 5. The Labute approximate surface area is 174 Å². The maximum absolute atomic E-state index is 12.7. The zero-order valence-corrected chi connectivity index (χ0v) is 16.9. The lowest BCUT2D eigenvalue weighted by atomic mass is 10.2. The first-order valence-corrected chi connectivity index (χ1v) is 9.62. The van der Waals surface area contributed by atoms with Crippen molar-refractivity contribution < 1.29 is 14.3 Å². The smallest absolute Gasteiger partial charge is 0.359 e. The van der Waals surface area contributed by atoms with E-state index in [1.54, 1.807) is 4.90 Å². The lowest BCUT2D eigenvalue weighted by Crippen LogP contribution is -2.40. The second-order valence-electron chi connectivity index (χ2n) is 6.97. The van der Waals surface area contributed by atoms with E-state index in [-0.39, 0.29) is 29.7 Å². The Morgan fingerprint density at radius 3 is 2.23 bits per heavy atom. The summed E-state index contributed by atoms with van der Waals surface area (Å²) in [7, 11) is 0. The molecule has 7 heteroatoms. The standard InChI is InChI=1S/C23H23N3O4/c1-17(2)26(19-11-7-4-8-12-19)22(28)16-30-23(29)20-13-14-21(27)25(24-20)15-18-9-5-3-6-10-18/h3-14,17H,15-16H2,1-2H3. The number of aromatic nitrogens is 2. The van der Waals surface area contributed by atoms with Crippen LogP contribution in [0.25, 0.3) is 0 Å². The largest absolute Gasteiger partial charge is 0.451 e. The van der Waals surface area contributed by atoms with E-state index in [1.165, 1.54) is 16.8 Å². The summed E-state index contributed by atoms with van der Waals surface area (Å²) in [4.78, 5) is 38.7. The van der Waals surface area contributed by atoms with Gasteiger partial charge in [-0.25, -0.2) is 9.48 Å². The minimum atomic E-state index is -0.762. The van der Waals surface area contributed by atoms with Crippen LogP contribution < -0.4 is 10.5 Å². The van der Waals surface area contributed by atoms with Gasteiger partial charge in [-0.15, -0.1) is 0 Å². The Hall–Kier alpha value is -3.74. The van der Waals surface area contributed by atoms with Crippen LogP contribution in [0.1, 0.15) is 29.9 Å². The first kappa shape index (κ1) is 21.0. The van der Waals surface area contributed by atoms with Crippen LogP contribution in [0.5, 0.6) is 0 Å². The fourth-order valence-corrected chi connectivity index (χ4v) is 3.02. The van der Waals surface area contributed by atoms with Crippen molar-refractivity contribution in [2.75, 3.05) is 11.5 Å². The number of rotatable bonds is 7. The molecule has 1 heterocycles. The van der Waals surface area contributed by atoms with E-state index in [1.807, 2.05) is 74.5 Å². The maximum Gasteiger partial charge on any atom is 0.359 e. The molecule has 0 spiro atoms.